The zero-order valence-electron chi connectivity index (χ0n) is 16.6. The van der Waals surface area contributed by atoms with Gasteiger partial charge in [-0.3, -0.25) is 4.79 Å². The maximum absolute atomic E-state index is 12.9. The molecule has 0 fully saturated rings. The van der Waals surface area contributed by atoms with Crippen LogP contribution in [0.3, 0.4) is 0 Å². The van der Waals surface area contributed by atoms with E-state index in [4.69, 9.17) is 21.7 Å². The molecule has 2 aliphatic rings. The molecule has 152 valence electrons. The maximum Gasteiger partial charge on any atom is 0.227 e. The van der Waals surface area contributed by atoms with E-state index in [2.05, 4.69) is 30.4 Å². The van der Waals surface area contributed by atoms with E-state index >= 15 is 0 Å². The maximum atomic E-state index is 12.9. The van der Waals surface area contributed by atoms with E-state index in [0.717, 1.165) is 45.8 Å². The van der Waals surface area contributed by atoms with Crippen molar-refractivity contribution in [1.29, 1.82) is 0 Å². The Labute approximate surface area is 184 Å². The summed E-state index contributed by atoms with van der Waals surface area (Å²) in [4.78, 5) is 17.6. The third-order valence-corrected chi connectivity index (χ3v) is 6.78. The SMILES string of the molecule is Cc1cccc(C2C3=C(CCCC3=O)Nc3nc(SCc4ccccc4Cl)nn32)c1. The number of hydrogen-bond donors (Lipinski definition) is 1. The molecule has 0 amide bonds. The molecule has 0 saturated heterocycles. The number of nitrogens with zero attached hydrogens (tertiary/aromatic N) is 3. The highest BCUT2D eigenvalue weighted by molar-refractivity contribution is 7.98. The lowest BCUT2D eigenvalue weighted by Crippen LogP contribution is -2.31. The highest BCUT2D eigenvalue weighted by Gasteiger charge is 2.36. The van der Waals surface area contributed by atoms with E-state index in [1.807, 2.05) is 35.0 Å². The molecule has 0 spiro atoms. The molecule has 1 aliphatic carbocycles. The zero-order valence-corrected chi connectivity index (χ0v) is 18.1. The summed E-state index contributed by atoms with van der Waals surface area (Å²) in [5.41, 5.74) is 5.08. The highest BCUT2D eigenvalue weighted by Crippen LogP contribution is 2.41. The molecular weight excluding hydrogens is 416 g/mol. The van der Waals surface area contributed by atoms with Gasteiger partial charge in [0.05, 0.1) is 0 Å². The Balaban J connectivity index is 1.52. The molecule has 5 rings (SSSR count). The molecule has 1 atom stereocenters. The van der Waals surface area contributed by atoms with Crippen molar-refractivity contribution in [1.82, 2.24) is 14.8 Å². The normalized spacial score (nSPS) is 18.1. The van der Waals surface area contributed by atoms with E-state index in [9.17, 15) is 4.79 Å². The van der Waals surface area contributed by atoms with E-state index < -0.39 is 0 Å². The van der Waals surface area contributed by atoms with Gasteiger partial charge in [0.15, 0.2) is 5.78 Å². The number of carbonyl (C=O) groups is 1. The number of fused-ring (bicyclic) bond motifs is 1. The molecule has 2 aromatic carbocycles. The van der Waals surface area contributed by atoms with Gasteiger partial charge in [-0.2, -0.15) is 4.98 Å². The van der Waals surface area contributed by atoms with Crippen LogP contribution in [0, 0.1) is 6.92 Å². The number of aromatic nitrogens is 3. The molecule has 0 bridgehead atoms. The van der Waals surface area contributed by atoms with Gasteiger partial charge >= 0.3 is 0 Å². The van der Waals surface area contributed by atoms with Crippen molar-refractivity contribution in [3.8, 4) is 0 Å². The average molecular weight is 437 g/mol. The molecule has 0 radical (unpaired) electrons. The van der Waals surface area contributed by atoms with Crippen molar-refractivity contribution in [2.24, 2.45) is 0 Å². The number of carbonyl (C=O) groups excluding carboxylic acids is 1. The van der Waals surface area contributed by atoms with Gasteiger partial charge in [0.2, 0.25) is 11.1 Å². The summed E-state index contributed by atoms with van der Waals surface area (Å²) in [7, 11) is 0. The van der Waals surface area contributed by atoms with Gasteiger partial charge in [0.25, 0.3) is 0 Å². The number of aryl methyl sites for hydroxylation is 1. The summed E-state index contributed by atoms with van der Waals surface area (Å²) >= 11 is 7.84. The van der Waals surface area contributed by atoms with E-state index in [1.54, 1.807) is 11.8 Å². The minimum absolute atomic E-state index is 0.196. The fraction of sp³-hybridized carbons (Fsp3) is 0.261. The second kappa shape index (κ2) is 7.93. The first-order valence-electron chi connectivity index (χ1n) is 10.0. The second-order valence-corrected chi connectivity index (χ2v) is 9.00. The number of hydrogen-bond acceptors (Lipinski definition) is 5. The number of allylic oxidation sites excluding steroid dienone is 2. The lowest BCUT2D eigenvalue weighted by Gasteiger charge is -2.32. The van der Waals surface area contributed by atoms with Crippen LogP contribution < -0.4 is 5.32 Å². The molecule has 1 aromatic heterocycles. The molecule has 1 N–H and O–H groups in total. The number of rotatable bonds is 4. The molecule has 5 nitrogen and oxygen atoms in total. The summed E-state index contributed by atoms with van der Waals surface area (Å²) in [5.74, 6) is 1.57. The van der Waals surface area contributed by atoms with Crippen LogP contribution in [0.4, 0.5) is 5.95 Å². The smallest absolute Gasteiger partial charge is 0.227 e. The fourth-order valence-electron chi connectivity index (χ4n) is 4.10. The molecule has 0 saturated carbocycles. The van der Waals surface area contributed by atoms with Crippen molar-refractivity contribution in [3.63, 3.8) is 0 Å². The summed E-state index contributed by atoms with van der Waals surface area (Å²) in [6, 6.07) is 15.9. The second-order valence-electron chi connectivity index (χ2n) is 7.65. The number of thioether (sulfide) groups is 1. The Kier molecular flexibility index (Phi) is 5.13. The van der Waals surface area contributed by atoms with Crippen molar-refractivity contribution < 1.29 is 4.79 Å². The number of anilines is 1. The largest absolute Gasteiger partial charge is 0.328 e. The summed E-state index contributed by atoms with van der Waals surface area (Å²) in [6.07, 6.45) is 2.31. The van der Waals surface area contributed by atoms with Gasteiger partial charge < -0.3 is 5.32 Å². The molecule has 1 aliphatic heterocycles. The van der Waals surface area contributed by atoms with Crippen molar-refractivity contribution in [3.05, 3.63) is 81.5 Å². The van der Waals surface area contributed by atoms with Gasteiger partial charge in [-0.15, -0.1) is 5.10 Å². The number of nitrogens with one attached hydrogen (secondary N) is 1. The van der Waals surface area contributed by atoms with Gasteiger partial charge in [-0.25, -0.2) is 4.68 Å². The van der Waals surface area contributed by atoms with Crippen LogP contribution in [0.25, 0.3) is 0 Å². The third-order valence-electron chi connectivity index (χ3n) is 5.52. The van der Waals surface area contributed by atoms with E-state index in [1.165, 1.54) is 0 Å². The van der Waals surface area contributed by atoms with Crippen LogP contribution in [0.1, 0.15) is 42.0 Å². The van der Waals surface area contributed by atoms with Crippen LogP contribution in [0.2, 0.25) is 5.02 Å². The fourth-order valence-corrected chi connectivity index (χ4v) is 5.22. The summed E-state index contributed by atoms with van der Waals surface area (Å²) in [5, 5.41) is 9.58. The van der Waals surface area contributed by atoms with Crippen LogP contribution in [0.5, 0.6) is 0 Å². The Morgan fingerprint density at radius 1 is 1.20 bits per heavy atom. The molecule has 2 heterocycles. The lowest BCUT2D eigenvalue weighted by atomic mass is 9.85. The first-order valence-corrected chi connectivity index (χ1v) is 11.4. The predicted molar refractivity (Wildman–Crippen MR) is 120 cm³/mol. The predicted octanol–water partition coefficient (Wildman–Crippen LogP) is 5.55. The van der Waals surface area contributed by atoms with E-state index in [-0.39, 0.29) is 11.8 Å². The third kappa shape index (κ3) is 3.55. The van der Waals surface area contributed by atoms with Crippen LogP contribution in [-0.2, 0) is 10.5 Å². The average Bonchev–Trinajstić information content (AvgIpc) is 3.14. The molecular formula is C23H21ClN4OS. The van der Waals surface area contributed by atoms with Crippen molar-refractivity contribution in [2.45, 2.75) is 43.1 Å². The van der Waals surface area contributed by atoms with Gasteiger partial charge in [0, 0.05) is 28.5 Å². The quantitative estimate of drug-likeness (QED) is 0.543. The number of halogens is 1. The minimum atomic E-state index is -0.244. The highest BCUT2D eigenvalue weighted by atomic mass is 35.5. The molecule has 30 heavy (non-hydrogen) atoms. The van der Waals surface area contributed by atoms with Crippen molar-refractivity contribution >= 4 is 35.1 Å². The minimum Gasteiger partial charge on any atom is -0.328 e. The first-order chi connectivity index (χ1) is 14.6. The van der Waals surface area contributed by atoms with E-state index in [0.29, 0.717) is 23.3 Å². The van der Waals surface area contributed by atoms with Crippen LogP contribution in [0.15, 0.2) is 65.0 Å². The summed E-state index contributed by atoms with van der Waals surface area (Å²) in [6.45, 7) is 2.07. The molecule has 3 aromatic rings. The van der Waals surface area contributed by atoms with Gasteiger partial charge in [-0.05, 0) is 37.0 Å². The number of benzene rings is 2. The van der Waals surface area contributed by atoms with Crippen LogP contribution in [-0.4, -0.2) is 20.5 Å². The topological polar surface area (TPSA) is 59.8 Å². The van der Waals surface area contributed by atoms with Gasteiger partial charge in [0.1, 0.15) is 6.04 Å². The summed E-state index contributed by atoms with van der Waals surface area (Å²) < 4.78 is 1.87. The lowest BCUT2D eigenvalue weighted by molar-refractivity contribution is -0.116. The Bertz CT molecular complexity index is 1170. The number of ketones is 1. The van der Waals surface area contributed by atoms with Crippen LogP contribution >= 0.6 is 23.4 Å². The Morgan fingerprint density at radius 2 is 2.07 bits per heavy atom. The molecule has 7 heteroatoms. The Morgan fingerprint density at radius 3 is 2.90 bits per heavy atom. The first kappa shape index (κ1) is 19.4. The molecule has 1 unspecified atom stereocenters. The number of Topliss-reactive ketones (excluding diaryl/α,β-unsaturated/α-hetero) is 1. The van der Waals surface area contributed by atoms with Gasteiger partial charge in [-0.1, -0.05) is 71.4 Å². The zero-order chi connectivity index (χ0) is 20.7. The standard InChI is InChI=1S/C23H21ClN4OS/c1-14-6-4-8-15(12-14)21-20-18(10-5-11-19(20)29)25-22-26-23(27-28(21)22)30-13-16-7-2-3-9-17(16)24/h2-4,6-9,12,21H,5,10-11,13H2,1H3,(H,25,26,27). The van der Waals surface area contributed by atoms with Crippen molar-refractivity contribution in [2.75, 3.05) is 5.32 Å². The Hall–Kier alpha value is -2.57. The monoisotopic (exact) mass is 436 g/mol.